The van der Waals surface area contributed by atoms with Gasteiger partial charge in [-0.1, -0.05) is 47.5 Å². The first-order chi connectivity index (χ1) is 12.9. The van der Waals surface area contributed by atoms with Gasteiger partial charge in [-0.2, -0.15) is 0 Å². The number of halogens is 2. The zero-order valence-electron chi connectivity index (χ0n) is 14.7. The summed E-state index contributed by atoms with van der Waals surface area (Å²) in [7, 11) is 0. The number of benzene rings is 2. The number of ether oxygens (including phenoxy) is 1. The second-order valence-corrected chi connectivity index (χ2v) is 7.98. The summed E-state index contributed by atoms with van der Waals surface area (Å²) in [4.78, 5) is 26.6. The molecule has 0 spiro atoms. The molecule has 3 rings (SSSR count). The van der Waals surface area contributed by atoms with Crippen LogP contribution in [0.2, 0.25) is 10.0 Å². The molecule has 1 aliphatic rings. The third-order valence-electron chi connectivity index (χ3n) is 3.82. The van der Waals surface area contributed by atoms with Crippen LogP contribution in [0.1, 0.15) is 25.0 Å². The molecule has 1 saturated heterocycles. The second kappa shape index (κ2) is 8.38. The minimum Gasteiger partial charge on any atom is -0.490 e. The van der Waals surface area contributed by atoms with Gasteiger partial charge in [0.1, 0.15) is 5.75 Å². The number of carbonyl (C=O) groups is 2. The van der Waals surface area contributed by atoms with Crippen LogP contribution in [0.4, 0.5) is 4.79 Å². The van der Waals surface area contributed by atoms with Crippen LogP contribution in [0.3, 0.4) is 0 Å². The highest BCUT2D eigenvalue weighted by atomic mass is 35.5. The lowest BCUT2D eigenvalue weighted by atomic mass is 10.1. The molecule has 4 nitrogen and oxygen atoms in total. The predicted octanol–water partition coefficient (Wildman–Crippen LogP) is 6.02. The number of imide groups is 1. The molecule has 2 amide bonds. The number of rotatable bonds is 5. The Bertz CT molecular complexity index is 907. The summed E-state index contributed by atoms with van der Waals surface area (Å²) in [6.07, 6.45) is 1.67. The number of nitrogens with zero attached hydrogens (tertiary/aromatic N) is 1. The fraction of sp³-hybridized carbons (Fsp3) is 0.200. The smallest absolute Gasteiger partial charge is 0.293 e. The Labute approximate surface area is 172 Å². The Hall–Kier alpha value is -1.95. The van der Waals surface area contributed by atoms with Crippen molar-refractivity contribution in [3.63, 3.8) is 0 Å². The molecule has 1 fully saturated rings. The molecule has 2 aromatic rings. The zero-order chi connectivity index (χ0) is 19.6. The highest BCUT2D eigenvalue weighted by Crippen LogP contribution is 2.36. The molecule has 0 unspecified atom stereocenters. The maximum absolute atomic E-state index is 12.8. The SMILES string of the molecule is CC(C)Oc1ccccc1/C=C1\SC(=O)N(Cc2c(Cl)cccc2Cl)C1=O. The van der Waals surface area contributed by atoms with Crippen LogP contribution in [0.15, 0.2) is 47.4 Å². The maximum Gasteiger partial charge on any atom is 0.293 e. The molecule has 2 aromatic carbocycles. The highest BCUT2D eigenvalue weighted by molar-refractivity contribution is 8.18. The maximum atomic E-state index is 12.8. The molecule has 0 N–H and O–H groups in total. The molecule has 0 aliphatic carbocycles. The molecule has 1 aliphatic heterocycles. The van der Waals surface area contributed by atoms with Crippen LogP contribution in [-0.2, 0) is 11.3 Å². The van der Waals surface area contributed by atoms with E-state index in [1.165, 1.54) is 0 Å². The fourth-order valence-corrected chi connectivity index (χ4v) is 3.93. The Morgan fingerprint density at radius 3 is 2.41 bits per heavy atom. The minimum atomic E-state index is -0.375. The standard InChI is InChI=1S/C20H17Cl2NO3S/c1-12(2)26-17-9-4-3-6-13(17)10-18-19(24)23(20(25)27-18)11-14-15(21)7-5-8-16(14)22/h3-10,12H,11H2,1-2H3/b18-10-. The van der Waals surface area contributed by atoms with E-state index < -0.39 is 0 Å². The van der Waals surface area contributed by atoms with Crippen molar-refractivity contribution in [2.75, 3.05) is 0 Å². The Morgan fingerprint density at radius 2 is 1.74 bits per heavy atom. The van der Waals surface area contributed by atoms with Gasteiger partial charge in [-0.3, -0.25) is 14.5 Å². The average Bonchev–Trinajstić information content (AvgIpc) is 2.86. The van der Waals surface area contributed by atoms with Gasteiger partial charge in [-0.25, -0.2) is 0 Å². The summed E-state index contributed by atoms with van der Waals surface area (Å²) in [6.45, 7) is 3.89. The summed E-state index contributed by atoms with van der Waals surface area (Å²) in [5.41, 5.74) is 1.29. The van der Waals surface area contributed by atoms with E-state index in [2.05, 4.69) is 0 Å². The van der Waals surface area contributed by atoms with Crippen molar-refractivity contribution in [3.05, 3.63) is 68.5 Å². The van der Waals surface area contributed by atoms with Gasteiger partial charge in [0, 0.05) is 21.2 Å². The van der Waals surface area contributed by atoms with Gasteiger partial charge in [0.05, 0.1) is 17.6 Å². The van der Waals surface area contributed by atoms with Crippen molar-refractivity contribution >= 4 is 52.2 Å². The third-order valence-corrected chi connectivity index (χ3v) is 5.44. The lowest BCUT2D eigenvalue weighted by Gasteiger charge is -2.15. The lowest BCUT2D eigenvalue weighted by Crippen LogP contribution is -2.27. The Morgan fingerprint density at radius 1 is 1.07 bits per heavy atom. The van der Waals surface area contributed by atoms with Crippen LogP contribution < -0.4 is 4.74 Å². The van der Waals surface area contributed by atoms with E-state index in [1.54, 1.807) is 24.3 Å². The van der Waals surface area contributed by atoms with Crippen LogP contribution in [0.25, 0.3) is 6.08 Å². The first kappa shape index (κ1) is 19.8. The predicted molar refractivity (Wildman–Crippen MR) is 110 cm³/mol. The lowest BCUT2D eigenvalue weighted by molar-refractivity contribution is -0.123. The van der Waals surface area contributed by atoms with Gasteiger partial charge < -0.3 is 4.74 Å². The molecule has 0 radical (unpaired) electrons. The van der Waals surface area contributed by atoms with E-state index in [-0.39, 0.29) is 23.8 Å². The fourth-order valence-electron chi connectivity index (χ4n) is 2.58. The molecule has 0 bridgehead atoms. The van der Waals surface area contributed by atoms with Crippen molar-refractivity contribution in [1.82, 2.24) is 4.90 Å². The summed E-state index contributed by atoms with van der Waals surface area (Å²) in [5.74, 6) is 0.286. The summed E-state index contributed by atoms with van der Waals surface area (Å²) in [5, 5.41) is 0.479. The topological polar surface area (TPSA) is 46.6 Å². The van der Waals surface area contributed by atoms with Crippen LogP contribution >= 0.6 is 35.0 Å². The molecule has 27 heavy (non-hydrogen) atoms. The Balaban J connectivity index is 1.88. The quantitative estimate of drug-likeness (QED) is 0.553. The van der Waals surface area contributed by atoms with Crippen molar-refractivity contribution in [1.29, 1.82) is 0 Å². The van der Waals surface area contributed by atoms with Crippen LogP contribution in [0, 0.1) is 0 Å². The number of carbonyl (C=O) groups excluding carboxylic acids is 2. The number of thioether (sulfide) groups is 1. The van der Waals surface area contributed by atoms with E-state index in [0.717, 1.165) is 22.2 Å². The van der Waals surface area contributed by atoms with Crippen molar-refractivity contribution < 1.29 is 14.3 Å². The largest absolute Gasteiger partial charge is 0.490 e. The normalized spacial score (nSPS) is 15.9. The number of hydrogen-bond donors (Lipinski definition) is 0. The van der Waals surface area contributed by atoms with E-state index >= 15 is 0 Å². The Kier molecular flexibility index (Phi) is 6.15. The van der Waals surface area contributed by atoms with Gasteiger partial charge in [0.25, 0.3) is 11.1 Å². The number of para-hydroxylation sites is 1. The molecule has 7 heteroatoms. The van der Waals surface area contributed by atoms with E-state index in [0.29, 0.717) is 26.3 Å². The summed E-state index contributed by atoms with van der Waals surface area (Å²) >= 11 is 13.2. The van der Waals surface area contributed by atoms with Gasteiger partial charge in [0.15, 0.2) is 0 Å². The van der Waals surface area contributed by atoms with E-state index in [1.807, 2.05) is 38.1 Å². The minimum absolute atomic E-state index is 0.00280. The monoisotopic (exact) mass is 421 g/mol. The molecular weight excluding hydrogens is 405 g/mol. The number of hydrogen-bond acceptors (Lipinski definition) is 4. The van der Waals surface area contributed by atoms with Crippen LogP contribution in [0.5, 0.6) is 5.75 Å². The molecule has 0 atom stereocenters. The summed E-state index contributed by atoms with van der Waals surface area (Å²) in [6, 6.07) is 12.5. The average molecular weight is 422 g/mol. The summed E-state index contributed by atoms with van der Waals surface area (Å²) < 4.78 is 5.77. The van der Waals surface area contributed by atoms with Gasteiger partial charge in [-0.05, 0) is 49.9 Å². The van der Waals surface area contributed by atoms with Gasteiger partial charge >= 0.3 is 0 Å². The van der Waals surface area contributed by atoms with Crippen molar-refractivity contribution in [3.8, 4) is 5.75 Å². The molecule has 1 heterocycles. The molecule has 0 saturated carbocycles. The first-order valence-corrected chi connectivity index (χ1v) is 9.88. The van der Waals surface area contributed by atoms with E-state index in [4.69, 9.17) is 27.9 Å². The number of amides is 2. The molecular formula is C20H17Cl2NO3S. The van der Waals surface area contributed by atoms with Crippen molar-refractivity contribution in [2.24, 2.45) is 0 Å². The zero-order valence-corrected chi connectivity index (χ0v) is 17.1. The van der Waals surface area contributed by atoms with Crippen molar-refractivity contribution in [2.45, 2.75) is 26.5 Å². The van der Waals surface area contributed by atoms with Gasteiger partial charge in [-0.15, -0.1) is 0 Å². The molecule has 140 valence electrons. The van der Waals surface area contributed by atoms with E-state index in [9.17, 15) is 9.59 Å². The van der Waals surface area contributed by atoms with Crippen LogP contribution in [-0.4, -0.2) is 22.2 Å². The second-order valence-electron chi connectivity index (χ2n) is 6.17. The first-order valence-electron chi connectivity index (χ1n) is 8.30. The van der Waals surface area contributed by atoms with Gasteiger partial charge in [0.2, 0.25) is 0 Å². The molecule has 0 aromatic heterocycles. The third kappa shape index (κ3) is 4.49. The highest BCUT2D eigenvalue weighted by Gasteiger charge is 2.35.